The molecule has 1 atom stereocenters. The second-order valence-electron chi connectivity index (χ2n) is 5.39. The van der Waals surface area contributed by atoms with E-state index in [2.05, 4.69) is 27.9 Å². The van der Waals surface area contributed by atoms with E-state index in [-0.39, 0.29) is 17.0 Å². The second-order valence-corrected chi connectivity index (χ2v) is 5.39. The predicted molar refractivity (Wildman–Crippen MR) is 74.8 cm³/mol. The van der Waals surface area contributed by atoms with Crippen LogP contribution < -0.4 is 10.6 Å². The molecule has 2 heterocycles. The molecule has 0 spiro atoms. The van der Waals surface area contributed by atoms with Gasteiger partial charge in [0.1, 0.15) is 0 Å². The Morgan fingerprint density at radius 1 is 1.57 bits per heavy atom. The van der Waals surface area contributed by atoms with E-state index in [4.69, 9.17) is 5.11 Å². The van der Waals surface area contributed by atoms with E-state index in [0.717, 1.165) is 32.4 Å². The minimum atomic E-state index is -1.11. The molecule has 0 bridgehead atoms. The quantitative estimate of drug-likeness (QED) is 0.646. The molecular formula is C13H21N5O3. The van der Waals surface area contributed by atoms with Crippen LogP contribution in [0.4, 0.5) is 0 Å². The molecule has 8 nitrogen and oxygen atoms in total. The fraction of sp³-hybridized carbons (Fsp3) is 0.692. The van der Waals surface area contributed by atoms with Crippen LogP contribution in [0.5, 0.6) is 0 Å². The first-order valence-corrected chi connectivity index (χ1v) is 7.20. The van der Waals surface area contributed by atoms with Gasteiger partial charge in [0, 0.05) is 13.1 Å². The van der Waals surface area contributed by atoms with E-state index in [1.54, 1.807) is 0 Å². The van der Waals surface area contributed by atoms with E-state index >= 15 is 0 Å². The maximum atomic E-state index is 12.4. The lowest BCUT2D eigenvalue weighted by Gasteiger charge is -2.26. The van der Waals surface area contributed by atoms with Crippen molar-refractivity contribution < 1.29 is 14.7 Å². The molecule has 1 amide bonds. The van der Waals surface area contributed by atoms with Gasteiger partial charge in [-0.05, 0) is 19.4 Å². The van der Waals surface area contributed by atoms with E-state index in [9.17, 15) is 9.59 Å². The van der Waals surface area contributed by atoms with Crippen molar-refractivity contribution in [3.05, 3.63) is 11.9 Å². The fourth-order valence-corrected chi connectivity index (χ4v) is 2.72. The van der Waals surface area contributed by atoms with Crippen LogP contribution in [0.25, 0.3) is 0 Å². The Balaban J connectivity index is 1.84. The van der Waals surface area contributed by atoms with Crippen molar-refractivity contribution in [2.45, 2.75) is 32.7 Å². The number of hydrogen-bond donors (Lipinski definition) is 3. The minimum Gasteiger partial charge on any atom is -0.476 e. The van der Waals surface area contributed by atoms with Crippen molar-refractivity contribution >= 4 is 11.9 Å². The number of amides is 1. The molecule has 0 aliphatic carbocycles. The Bertz CT molecular complexity index is 508. The zero-order valence-electron chi connectivity index (χ0n) is 12.1. The Kier molecular flexibility index (Phi) is 4.89. The fourth-order valence-electron chi connectivity index (χ4n) is 2.72. The van der Waals surface area contributed by atoms with Gasteiger partial charge in [0.2, 0.25) is 5.91 Å². The first-order chi connectivity index (χ1) is 10.1. The summed E-state index contributed by atoms with van der Waals surface area (Å²) in [5, 5.41) is 22.2. The lowest BCUT2D eigenvalue weighted by molar-refractivity contribution is -0.130. The van der Waals surface area contributed by atoms with Gasteiger partial charge in [0.05, 0.1) is 18.2 Å². The molecule has 1 saturated heterocycles. The Morgan fingerprint density at radius 3 is 2.95 bits per heavy atom. The van der Waals surface area contributed by atoms with Crippen molar-refractivity contribution in [2.75, 3.05) is 19.6 Å². The second kappa shape index (κ2) is 6.66. The lowest BCUT2D eigenvalue weighted by Crippen LogP contribution is -2.43. The van der Waals surface area contributed by atoms with Crippen molar-refractivity contribution in [3.8, 4) is 0 Å². The number of nitrogens with zero attached hydrogens (tertiary/aromatic N) is 3. The van der Waals surface area contributed by atoms with Crippen LogP contribution in [-0.4, -0.2) is 51.6 Å². The van der Waals surface area contributed by atoms with E-state index in [0.29, 0.717) is 13.1 Å². The molecule has 2 rings (SSSR count). The summed E-state index contributed by atoms with van der Waals surface area (Å²) in [6.07, 6.45) is 4.06. The third-order valence-corrected chi connectivity index (χ3v) is 3.84. The number of aromatic carboxylic acids is 1. The molecule has 1 aliphatic heterocycles. The molecule has 0 aromatic carbocycles. The van der Waals surface area contributed by atoms with Crippen LogP contribution >= 0.6 is 0 Å². The number of nitrogens with one attached hydrogen (secondary N) is 2. The summed E-state index contributed by atoms with van der Waals surface area (Å²) >= 11 is 0. The van der Waals surface area contributed by atoms with Gasteiger partial charge in [-0.1, -0.05) is 18.6 Å². The number of rotatable bonds is 7. The summed E-state index contributed by atoms with van der Waals surface area (Å²) in [4.78, 5) is 23.1. The summed E-state index contributed by atoms with van der Waals surface area (Å²) in [6, 6.07) is 0. The number of carbonyl (C=O) groups is 2. The van der Waals surface area contributed by atoms with Crippen LogP contribution in [-0.2, 0) is 11.3 Å². The van der Waals surface area contributed by atoms with Gasteiger partial charge in [-0.2, -0.15) is 0 Å². The molecule has 116 valence electrons. The zero-order valence-corrected chi connectivity index (χ0v) is 12.1. The number of aromatic nitrogens is 3. The molecule has 1 aliphatic rings. The van der Waals surface area contributed by atoms with Crippen LogP contribution in [0, 0.1) is 5.41 Å². The predicted octanol–water partition coefficient (Wildman–Crippen LogP) is -0.128. The molecule has 1 aromatic heterocycles. The number of carbonyl (C=O) groups excluding carboxylic acids is 1. The Morgan fingerprint density at radius 2 is 2.38 bits per heavy atom. The highest BCUT2D eigenvalue weighted by Gasteiger charge is 2.39. The van der Waals surface area contributed by atoms with E-state index < -0.39 is 5.97 Å². The molecule has 1 fully saturated rings. The van der Waals surface area contributed by atoms with Crippen molar-refractivity contribution in [1.29, 1.82) is 0 Å². The average Bonchev–Trinajstić information content (AvgIpc) is 3.09. The van der Waals surface area contributed by atoms with Gasteiger partial charge in [0.15, 0.2) is 5.69 Å². The van der Waals surface area contributed by atoms with Crippen molar-refractivity contribution in [1.82, 2.24) is 25.6 Å². The number of hydrogen-bond acceptors (Lipinski definition) is 5. The smallest absolute Gasteiger partial charge is 0.358 e. The van der Waals surface area contributed by atoms with Crippen LogP contribution in [0.1, 0.15) is 36.7 Å². The molecule has 1 aromatic rings. The number of carboxylic acid groups (broad SMARTS) is 1. The first kappa shape index (κ1) is 15.4. The summed E-state index contributed by atoms with van der Waals surface area (Å²) in [6.45, 7) is 4.49. The summed E-state index contributed by atoms with van der Waals surface area (Å²) in [5.41, 5.74) is -0.396. The molecule has 0 radical (unpaired) electrons. The monoisotopic (exact) mass is 295 g/mol. The third kappa shape index (κ3) is 3.57. The third-order valence-electron chi connectivity index (χ3n) is 3.84. The molecule has 8 heteroatoms. The summed E-state index contributed by atoms with van der Waals surface area (Å²) < 4.78 is 1.42. The highest BCUT2D eigenvalue weighted by atomic mass is 16.4. The van der Waals surface area contributed by atoms with E-state index in [1.165, 1.54) is 10.9 Å². The molecular weight excluding hydrogens is 274 g/mol. The maximum Gasteiger partial charge on any atom is 0.358 e. The van der Waals surface area contributed by atoms with Crippen LogP contribution in [0.15, 0.2) is 6.20 Å². The average molecular weight is 295 g/mol. The molecule has 21 heavy (non-hydrogen) atoms. The van der Waals surface area contributed by atoms with Gasteiger partial charge in [-0.15, -0.1) is 5.10 Å². The Labute approximate surface area is 122 Å². The molecule has 0 saturated carbocycles. The molecule has 1 unspecified atom stereocenters. The Hall–Kier alpha value is -1.96. The SMILES string of the molecule is CCCC1(C(=O)NCCn2cc(C(=O)O)nn2)CCNC1. The van der Waals surface area contributed by atoms with Crippen molar-refractivity contribution in [3.63, 3.8) is 0 Å². The van der Waals surface area contributed by atoms with E-state index in [1.807, 2.05) is 0 Å². The van der Waals surface area contributed by atoms with Crippen LogP contribution in [0.3, 0.4) is 0 Å². The lowest BCUT2D eigenvalue weighted by atomic mass is 9.81. The topological polar surface area (TPSA) is 109 Å². The van der Waals surface area contributed by atoms with Crippen molar-refractivity contribution in [2.24, 2.45) is 5.41 Å². The molecule has 3 N–H and O–H groups in total. The maximum absolute atomic E-state index is 12.4. The van der Waals surface area contributed by atoms with Gasteiger partial charge in [0.25, 0.3) is 0 Å². The highest BCUT2D eigenvalue weighted by molar-refractivity contribution is 5.84. The van der Waals surface area contributed by atoms with Gasteiger partial charge < -0.3 is 15.7 Å². The highest BCUT2D eigenvalue weighted by Crippen LogP contribution is 2.31. The normalized spacial score (nSPS) is 21.4. The summed E-state index contributed by atoms with van der Waals surface area (Å²) in [7, 11) is 0. The number of carboxylic acids is 1. The first-order valence-electron chi connectivity index (χ1n) is 7.20. The minimum absolute atomic E-state index is 0.0629. The largest absolute Gasteiger partial charge is 0.476 e. The van der Waals surface area contributed by atoms with Gasteiger partial charge >= 0.3 is 5.97 Å². The standard InChI is InChI=1S/C13H21N5O3/c1-2-3-13(4-5-14-9-13)12(21)15-6-7-18-8-10(11(19)20)16-17-18/h8,14H,2-7,9H2,1H3,(H,15,21)(H,19,20). The summed E-state index contributed by atoms with van der Waals surface area (Å²) in [5.74, 6) is -1.04. The van der Waals surface area contributed by atoms with Gasteiger partial charge in [-0.25, -0.2) is 9.48 Å². The zero-order chi connectivity index (χ0) is 15.3. The van der Waals surface area contributed by atoms with Gasteiger partial charge in [-0.3, -0.25) is 4.79 Å². The van der Waals surface area contributed by atoms with Crippen LogP contribution in [0.2, 0.25) is 0 Å².